The standard InChI is InChI=1S/C20H16F4N2O2S/c21-15-5-7-17(8-6-15)28-10-9-25-18(27)11-16-12-29-19(26-16)13-1-3-14(4-2-13)20(22,23)24/h1-8,12H,9-11H2,(H,25,27). The molecule has 1 amide bonds. The minimum atomic E-state index is -4.38. The Bertz CT molecular complexity index is 954. The second-order valence-electron chi connectivity index (χ2n) is 6.05. The van der Waals surface area contributed by atoms with Crippen LogP contribution < -0.4 is 10.1 Å². The van der Waals surface area contributed by atoms with Gasteiger partial charge in [0.05, 0.1) is 24.2 Å². The number of nitrogens with one attached hydrogen (secondary N) is 1. The van der Waals surface area contributed by atoms with Crippen LogP contribution in [0.1, 0.15) is 11.3 Å². The molecule has 9 heteroatoms. The number of rotatable bonds is 7. The van der Waals surface area contributed by atoms with Crippen LogP contribution in [0.25, 0.3) is 10.6 Å². The first-order valence-electron chi connectivity index (χ1n) is 8.58. The molecule has 152 valence electrons. The summed E-state index contributed by atoms with van der Waals surface area (Å²) in [7, 11) is 0. The Kier molecular flexibility index (Phi) is 6.48. The Morgan fingerprint density at radius 2 is 1.76 bits per heavy atom. The molecule has 1 N–H and O–H groups in total. The monoisotopic (exact) mass is 424 g/mol. The van der Waals surface area contributed by atoms with Crippen molar-refractivity contribution in [2.75, 3.05) is 13.2 Å². The molecule has 4 nitrogen and oxygen atoms in total. The molecule has 0 aliphatic heterocycles. The van der Waals surface area contributed by atoms with Gasteiger partial charge in [0.25, 0.3) is 0 Å². The Labute approximate surface area is 168 Å². The van der Waals surface area contributed by atoms with Gasteiger partial charge in [0.1, 0.15) is 23.2 Å². The largest absolute Gasteiger partial charge is 0.492 e. The number of nitrogens with zero attached hydrogens (tertiary/aromatic N) is 1. The van der Waals surface area contributed by atoms with Crippen molar-refractivity contribution >= 4 is 17.2 Å². The van der Waals surface area contributed by atoms with Crippen molar-refractivity contribution in [1.29, 1.82) is 0 Å². The van der Waals surface area contributed by atoms with E-state index in [0.29, 0.717) is 22.0 Å². The second kappa shape index (κ2) is 9.04. The zero-order chi connectivity index (χ0) is 20.9. The third kappa shape index (κ3) is 6.02. The van der Waals surface area contributed by atoms with Gasteiger partial charge in [-0.25, -0.2) is 9.37 Å². The minimum absolute atomic E-state index is 0.0493. The van der Waals surface area contributed by atoms with Crippen molar-refractivity contribution < 1.29 is 27.1 Å². The predicted octanol–water partition coefficient (Wildman–Crippen LogP) is 4.71. The first-order valence-corrected chi connectivity index (χ1v) is 9.46. The summed E-state index contributed by atoms with van der Waals surface area (Å²) < 4.78 is 56.1. The number of hydrogen-bond donors (Lipinski definition) is 1. The SMILES string of the molecule is O=C(Cc1csc(-c2ccc(C(F)(F)F)cc2)n1)NCCOc1ccc(F)cc1. The van der Waals surface area contributed by atoms with Crippen molar-refractivity contribution in [2.24, 2.45) is 0 Å². The second-order valence-corrected chi connectivity index (χ2v) is 6.91. The molecule has 0 aliphatic rings. The van der Waals surface area contributed by atoms with Gasteiger partial charge in [-0.1, -0.05) is 12.1 Å². The van der Waals surface area contributed by atoms with Crippen LogP contribution >= 0.6 is 11.3 Å². The molecule has 0 saturated carbocycles. The van der Waals surface area contributed by atoms with Crippen molar-refractivity contribution in [3.8, 4) is 16.3 Å². The predicted molar refractivity (Wildman–Crippen MR) is 101 cm³/mol. The van der Waals surface area contributed by atoms with Gasteiger partial charge in [-0.05, 0) is 36.4 Å². The average Bonchev–Trinajstić information content (AvgIpc) is 3.14. The fourth-order valence-corrected chi connectivity index (χ4v) is 3.27. The lowest BCUT2D eigenvalue weighted by Gasteiger charge is -2.07. The van der Waals surface area contributed by atoms with E-state index in [9.17, 15) is 22.4 Å². The summed E-state index contributed by atoms with van der Waals surface area (Å²) in [6.45, 7) is 0.497. The Hall–Kier alpha value is -2.94. The van der Waals surface area contributed by atoms with Crippen LogP contribution in [0, 0.1) is 5.82 Å². The highest BCUT2D eigenvalue weighted by molar-refractivity contribution is 7.13. The lowest BCUT2D eigenvalue weighted by atomic mass is 10.1. The minimum Gasteiger partial charge on any atom is -0.492 e. The van der Waals surface area contributed by atoms with E-state index in [-0.39, 0.29) is 31.3 Å². The fourth-order valence-electron chi connectivity index (χ4n) is 2.44. The van der Waals surface area contributed by atoms with E-state index in [1.54, 1.807) is 5.38 Å². The van der Waals surface area contributed by atoms with Crippen LogP contribution in [0.15, 0.2) is 53.9 Å². The summed E-state index contributed by atoms with van der Waals surface area (Å²) in [4.78, 5) is 16.3. The fraction of sp³-hybridized carbons (Fsp3) is 0.200. The highest BCUT2D eigenvalue weighted by atomic mass is 32.1. The lowest BCUT2D eigenvalue weighted by molar-refractivity contribution is -0.137. The highest BCUT2D eigenvalue weighted by Crippen LogP contribution is 2.31. The van der Waals surface area contributed by atoms with Crippen molar-refractivity contribution in [3.63, 3.8) is 0 Å². The van der Waals surface area contributed by atoms with Gasteiger partial charge in [0, 0.05) is 10.9 Å². The molecule has 0 bridgehead atoms. The molecule has 3 rings (SSSR count). The van der Waals surface area contributed by atoms with Gasteiger partial charge in [0.2, 0.25) is 5.91 Å². The number of alkyl halides is 3. The lowest BCUT2D eigenvalue weighted by Crippen LogP contribution is -2.29. The van der Waals surface area contributed by atoms with Gasteiger partial charge < -0.3 is 10.1 Å². The molecule has 0 saturated heterocycles. The molecule has 0 spiro atoms. The first kappa shape index (κ1) is 20.8. The third-order valence-corrected chi connectivity index (χ3v) is 4.80. The van der Waals surface area contributed by atoms with Gasteiger partial charge in [-0.15, -0.1) is 11.3 Å². The van der Waals surface area contributed by atoms with Crippen molar-refractivity contribution in [2.45, 2.75) is 12.6 Å². The van der Waals surface area contributed by atoms with Crippen LogP contribution in [0.2, 0.25) is 0 Å². The number of carbonyl (C=O) groups is 1. The maximum absolute atomic E-state index is 12.8. The number of aromatic nitrogens is 1. The van der Waals surface area contributed by atoms with E-state index in [2.05, 4.69) is 10.3 Å². The first-order chi connectivity index (χ1) is 13.8. The van der Waals surface area contributed by atoms with Crippen LogP contribution in [0.5, 0.6) is 5.75 Å². The van der Waals surface area contributed by atoms with Crippen LogP contribution in [-0.4, -0.2) is 24.0 Å². The van der Waals surface area contributed by atoms with E-state index in [1.807, 2.05) is 0 Å². The quantitative estimate of drug-likeness (QED) is 0.442. The summed E-state index contributed by atoms with van der Waals surface area (Å²) in [5, 5.41) is 4.93. The summed E-state index contributed by atoms with van der Waals surface area (Å²) in [5.41, 5.74) is 0.365. The van der Waals surface area contributed by atoms with Gasteiger partial charge in [-0.3, -0.25) is 4.79 Å². The molecule has 0 radical (unpaired) electrons. The Morgan fingerprint density at radius 3 is 2.41 bits per heavy atom. The normalized spacial score (nSPS) is 11.3. The third-order valence-electron chi connectivity index (χ3n) is 3.86. The number of halogens is 4. The van der Waals surface area contributed by atoms with E-state index >= 15 is 0 Å². The Balaban J connectivity index is 1.46. The number of benzene rings is 2. The molecular formula is C20H16F4N2O2S. The summed E-state index contributed by atoms with van der Waals surface area (Å²) in [6.07, 6.45) is -4.33. The number of amides is 1. The number of carbonyl (C=O) groups excluding carboxylic acids is 1. The molecule has 1 aromatic heterocycles. The smallest absolute Gasteiger partial charge is 0.416 e. The summed E-state index contributed by atoms with van der Waals surface area (Å²) >= 11 is 1.26. The van der Waals surface area contributed by atoms with Gasteiger partial charge >= 0.3 is 6.18 Å². The topological polar surface area (TPSA) is 51.2 Å². The van der Waals surface area contributed by atoms with Crippen molar-refractivity contribution in [1.82, 2.24) is 10.3 Å². The number of hydrogen-bond acceptors (Lipinski definition) is 4. The maximum atomic E-state index is 12.8. The zero-order valence-electron chi connectivity index (χ0n) is 15.0. The van der Waals surface area contributed by atoms with E-state index in [4.69, 9.17) is 4.74 Å². The van der Waals surface area contributed by atoms with Gasteiger partial charge in [0.15, 0.2) is 0 Å². The molecule has 0 fully saturated rings. The van der Waals surface area contributed by atoms with Crippen LogP contribution in [-0.2, 0) is 17.4 Å². The molecule has 2 aromatic carbocycles. The number of ether oxygens (including phenoxy) is 1. The van der Waals surface area contributed by atoms with E-state index < -0.39 is 11.7 Å². The van der Waals surface area contributed by atoms with E-state index in [0.717, 1.165) is 12.1 Å². The molecule has 3 aromatic rings. The summed E-state index contributed by atoms with van der Waals surface area (Å²) in [6, 6.07) is 10.3. The molecular weight excluding hydrogens is 408 g/mol. The van der Waals surface area contributed by atoms with Gasteiger partial charge in [-0.2, -0.15) is 13.2 Å². The summed E-state index contributed by atoms with van der Waals surface area (Å²) in [5.74, 6) is -0.108. The van der Waals surface area contributed by atoms with Crippen molar-refractivity contribution in [3.05, 3.63) is 71.0 Å². The molecule has 0 atom stereocenters. The molecule has 1 heterocycles. The van der Waals surface area contributed by atoms with Crippen LogP contribution in [0.3, 0.4) is 0 Å². The average molecular weight is 424 g/mol. The van der Waals surface area contributed by atoms with E-state index in [1.165, 1.54) is 47.7 Å². The zero-order valence-corrected chi connectivity index (χ0v) is 15.8. The number of thiazole rings is 1. The molecule has 0 unspecified atom stereocenters. The maximum Gasteiger partial charge on any atom is 0.416 e. The molecule has 0 aliphatic carbocycles. The highest BCUT2D eigenvalue weighted by Gasteiger charge is 2.30. The molecule has 29 heavy (non-hydrogen) atoms. The Morgan fingerprint density at radius 1 is 1.07 bits per heavy atom. The van der Waals surface area contributed by atoms with Crippen LogP contribution in [0.4, 0.5) is 17.6 Å².